The first-order chi connectivity index (χ1) is 20.0. The SMILES string of the molecule is Cn1nc(OS(=O)(=O)C(F)(C(F)(F)F)C(F)(F)F)c(C(F)(F)F)c1-c1cc(-c2ccc(Cl)c(C(=O)NC3(C#N)CC3)c2)on1. The summed E-state index contributed by atoms with van der Waals surface area (Å²) in [7, 11) is -6.98. The Hall–Kier alpha value is -4.06. The van der Waals surface area contributed by atoms with E-state index in [0.717, 1.165) is 12.1 Å². The number of nitrogens with zero attached hydrogens (tertiary/aromatic N) is 4. The highest BCUT2D eigenvalue weighted by atomic mass is 35.5. The van der Waals surface area contributed by atoms with E-state index < -0.39 is 67.9 Å². The smallest absolute Gasteiger partial charge is 0.357 e. The Morgan fingerprint density at radius 3 is 2.18 bits per heavy atom. The predicted molar refractivity (Wildman–Crippen MR) is 125 cm³/mol. The van der Waals surface area contributed by atoms with Crippen molar-refractivity contribution in [2.45, 2.75) is 41.9 Å². The molecule has 238 valence electrons. The molecule has 4 rings (SSSR count). The number of alkyl halides is 10. The Kier molecular flexibility index (Phi) is 7.65. The third kappa shape index (κ3) is 5.51. The largest absolute Gasteiger partial charge is 0.450 e. The fourth-order valence-electron chi connectivity index (χ4n) is 3.76. The van der Waals surface area contributed by atoms with Gasteiger partial charge in [0.05, 0.1) is 16.7 Å². The molecule has 0 radical (unpaired) electrons. The van der Waals surface area contributed by atoms with E-state index in [1.807, 2.05) is 6.07 Å². The molecule has 1 aromatic carbocycles. The molecule has 0 spiro atoms. The topological polar surface area (TPSA) is 140 Å². The van der Waals surface area contributed by atoms with E-state index in [1.165, 1.54) is 12.1 Å². The van der Waals surface area contributed by atoms with Crippen LogP contribution in [0.15, 0.2) is 28.8 Å². The lowest BCUT2D eigenvalue weighted by molar-refractivity contribution is -0.307. The Morgan fingerprint density at radius 2 is 1.68 bits per heavy atom. The van der Waals surface area contributed by atoms with Crippen molar-refractivity contribution in [2.75, 3.05) is 0 Å². The van der Waals surface area contributed by atoms with Crippen LogP contribution < -0.4 is 9.50 Å². The number of amides is 1. The van der Waals surface area contributed by atoms with Crippen molar-refractivity contribution in [2.24, 2.45) is 7.05 Å². The normalized spacial score (nSPS) is 15.5. The summed E-state index contributed by atoms with van der Waals surface area (Å²) in [5.41, 5.74) is -5.80. The summed E-state index contributed by atoms with van der Waals surface area (Å²) in [6, 6.07) is 6.20. The summed E-state index contributed by atoms with van der Waals surface area (Å²) in [5.74, 6) is -3.54. The fraction of sp³-hybridized carbons (Fsp3) is 0.364. The van der Waals surface area contributed by atoms with E-state index in [1.54, 1.807) is 0 Å². The summed E-state index contributed by atoms with van der Waals surface area (Å²) in [6.45, 7) is 0. The summed E-state index contributed by atoms with van der Waals surface area (Å²) < 4.78 is 167. The van der Waals surface area contributed by atoms with E-state index >= 15 is 0 Å². The number of benzene rings is 1. The van der Waals surface area contributed by atoms with Gasteiger partial charge in [-0.1, -0.05) is 16.8 Å². The molecule has 0 unspecified atom stereocenters. The van der Waals surface area contributed by atoms with Gasteiger partial charge in [0, 0.05) is 18.7 Å². The zero-order valence-corrected chi connectivity index (χ0v) is 22.7. The molecule has 1 N–H and O–H groups in total. The lowest BCUT2D eigenvalue weighted by Crippen LogP contribution is -2.60. The molecular formula is C22H12ClF10N5O5S. The van der Waals surface area contributed by atoms with Crippen LogP contribution in [0.4, 0.5) is 43.9 Å². The van der Waals surface area contributed by atoms with Gasteiger partial charge in [0.2, 0.25) is 0 Å². The van der Waals surface area contributed by atoms with Gasteiger partial charge in [-0.25, -0.2) is 4.39 Å². The third-order valence-electron chi connectivity index (χ3n) is 6.13. The number of carbonyl (C=O) groups excluding carboxylic acids is 1. The summed E-state index contributed by atoms with van der Waals surface area (Å²) in [4.78, 5) is 12.6. The van der Waals surface area contributed by atoms with Crippen molar-refractivity contribution in [1.82, 2.24) is 20.3 Å². The Balaban J connectivity index is 1.77. The minimum atomic E-state index is -7.63. The zero-order chi connectivity index (χ0) is 33.3. The van der Waals surface area contributed by atoms with Crippen molar-refractivity contribution in [3.05, 3.63) is 40.4 Å². The highest BCUT2D eigenvalue weighted by molar-refractivity contribution is 7.88. The van der Waals surface area contributed by atoms with Crippen LogP contribution in [-0.4, -0.2) is 52.2 Å². The van der Waals surface area contributed by atoms with Gasteiger partial charge in [-0.2, -0.15) is 53.2 Å². The molecule has 0 atom stereocenters. The van der Waals surface area contributed by atoms with E-state index in [-0.39, 0.29) is 26.6 Å². The minimum absolute atomic E-state index is 0.0348. The molecule has 1 fully saturated rings. The number of halogens is 11. The van der Waals surface area contributed by atoms with Gasteiger partial charge in [-0.15, -0.1) is 5.10 Å². The second-order valence-electron chi connectivity index (χ2n) is 9.20. The molecular weight excluding hydrogens is 672 g/mol. The second-order valence-corrected chi connectivity index (χ2v) is 11.2. The summed E-state index contributed by atoms with van der Waals surface area (Å²) in [6.07, 6.45) is -19.5. The number of hydrogen-bond acceptors (Lipinski definition) is 8. The molecule has 1 aliphatic carbocycles. The molecule has 0 aliphatic heterocycles. The maximum atomic E-state index is 14.2. The quantitative estimate of drug-likeness (QED) is 0.247. The zero-order valence-electron chi connectivity index (χ0n) is 21.1. The van der Waals surface area contributed by atoms with Crippen LogP contribution in [0.25, 0.3) is 22.7 Å². The van der Waals surface area contributed by atoms with Gasteiger partial charge in [0.25, 0.3) is 11.8 Å². The van der Waals surface area contributed by atoms with Gasteiger partial charge in [-0.05, 0) is 31.0 Å². The number of aromatic nitrogens is 3. The predicted octanol–water partition coefficient (Wildman–Crippen LogP) is 5.70. The second kappa shape index (κ2) is 10.3. The van der Waals surface area contributed by atoms with Crippen LogP contribution in [0.1, 0.15) is 28.8 Å². The Bertz CT molecular complexity index is 1770. The van der Waals surface area contributed by atoms with Crippen LogP contribution in [0.3, 0.4) is 0 Å². The Morgan fingerprint density at radius 1 is 1.09 bits per heavy atom. The van der Waals surface area contributed by atoms with Gasteiger partial charge in [0.1, 0.15) is 22.5 Å². The number of hydrogen-bond donors (Lipinski definition) is 1. The molecule has 0 bridgehead atoms. The van der Waals surface area contributed by atoms with Crippen LogP contribution >= 0.6 is 11.6 Å². The van der Waals surface area contributed by atoms with Gasteiger partial charge >= 0.3 is 33.6 Å². The minimum Gasteiger partial charge on any atom is -0.357 e. The van der Waals surface area contributed by atoms with Crippen molar-refractivity contribution < 1.29 is 65.8 Å². The molecule has 0 saturated heterocycles. The first-order valence-corrected chi connectivity index (χ1v) is 13.2. The fourth-order valence-corrected chi connectivity index (χ4v) is 4.97. The molecule has 22 heteroatoms. The standard InChI is InChI=1S/C22H12ClF10N5O5S/c1-38-15(14(19(24,25)26)17(36-38)43-44(40,41)20(27,21(28,29)30)22(31,32)33)12-7-13(42-37-12)9-2-3-11(23)10(6-9)16(39)35-18(8-34)4-5-18/h2-3,6-7H,4-5H2,1H3,(H,35,39). The number of nitrogens with one attached hydrogen (secondary N) is 1. The highest BCUT2D eigenvalue weighted by Gasteiger charge is 2.82. The van der Waals surface area contributed by atoms with Gasteiger partial charge < -0.3 is 14.0 Å². The van der Waals surface area contributed by atoms with E-state index in [4.69, 9.17) is 16.1 Å². The first kappa shape index (κ1) is 32.8. The number of nitriles is 1. The van der Waals surface area contributed by atoms with Crippen molar-refractivity contribution in [3.8, 4) is 34.7 Å². The van der Waals surface area contributed by atoms with E-state index in [9.17, 15) is 62.4 Å². The third-order valence-corrected chi connectivity index (χ3v) is 7.98. The molecule has 10 nitrogen and oxygen atoms in total. The summed E-state index contributed by atoms with van der Waals surface area (Å²) >= 11 is 6.05. The summed E-state index contributed by atoms with van der Waals surface area (Å²) in [5, 5.41) is 10.7. The lowest BCUT2D eigenvalue weighted by Gasteiger charge is -2.28. The Labute approximate surface area is 243 Å². The lowest BCUT2D eigenvalue weighted by atomic mass is 10.1. The molecule has 44 heavy (non-hydrogen) atoms. The average Bonchev–Trinajstić information content (AvgIpc) is 3.32. The number of aryl methyl sites for hydroxylation is 1. The van der Waals surface area contributed by atoms with Crippen molar-refractivity contribution in [1.29, 1.82) is 5.26 Å². The average molecular weight is 684 g/mol. The maximum absolute atomic E-state index is 14.2. The molecule has 1 saturated carbocycles. The maximum Gasteiger partial charge on any atom is 0.450 e. The van der Waals surface area contributed by atoms with Gasteiger partial charge in [0.15, 0.2) is 5.76 Å². The number of rotatable bonds is 7. The number of carbonyl (C=O) groups is 1. The van der Waals surface area contributed by atoms with Crippen LogP contribution in [0.2, 0.25) is 5.02 Å². The molecule has 2 heterocycles. The van der Waals surface area contributed by atoms with Gasteiger partial charge in [-0.3, -0.25) is 9.48 Å². The van der Waals surface area contributed by atoms with Crippen LogP contribution in [0.5, 0.6) is 5.88 Å². The molecule has 2 aromatic heterocycles. The molecule has 3 aromatic rings. The molecule has 1 amide bonds. The first-order valence-electron chi connectivity index (χ1n) is 11.4. The van der Waals surface area contributed by atoms with E-state index in [2.05, 4.69) is 19.8 Å². The monoisotopic (exact) mass is 683 g/mol. The highest BCUT2D eigenvalue weighted by Crippen LogP contribution is 2.51. The van der Waals surface area contributed by atoms with Crippen molar-refractivity contribution in [3.63, 3.8) is 0 Å². The van der Waals surface area contributed by atoms with Crippen LogP contribution in [-0.2, 0) is 23.3 Å². The van der Waals surface area contributed by atoms with Crippen molar-refractivity contribution >= 4 is 27.6 Å². The molecule has 1 aliphatic rings. The van der Waals surface area contributed by atoms with Crippen LogP contribution in [0, 0.1) is 11.3 Å². The van der Waals surface area contributed by atoms with E-state index in [0.29, 0.717) is 19.9 Å².